The van der Waals surface area contributed by atoms with E-state index in [2.05, 4.69) is 15.9 Å². The van der Waals surface area contributed by atoms with Crippen LogP contribution in [-0.2, 0) is 9.59 Å². The number of carboxylic acids is 2. The summed E-state index contributed by atoms with van der Waals surface area (Å²) in [5.74, 6) is -4.72. The number of aliphatic carboxylic acids is 2. The Labute approximate surface area is 94.2 Å². The first kappa shape index (κ1) is 10.9. The molecule has 2 aliphatic carbocycles. The van der Waals surface area contributed by atoms with Gasteiger partial charge in [0.25, 0.3) is 0 Å². The van der Waals surface area contributed by atoms with Gasteiger partial charge in [-0.3, -0.25) is 9.59 Å². The molecule has 0 aliphatic heterocycles. The molecule has 3 N–H and O–H groups in total. The summed E-state index contributed by atoms with van der Waals surface area (Å²) in [6, 6.07) is 0. The largest absolute Gasteiger partial charge is 0.481 e. The fourth-order valence-corrected chi connectivity index (χ4v) is 3.92. The summed E-state index contributed by atoms with van der Waals surface area (Å²) in [6.07, 6.45) is -0.267. The molecule has 2 rings (SSSR count). The lowest BCUT2D eigenvalue weighted by atomic mass is 9.78. The minimum absolute atomic E-state index is 0.274. The second-order valence-corrected chi connectivity index (χ2v) is 5.28. The highest BCUT2D eigenvalue weighted by Crippen LogP contribution is 2.54. The Kier molecular flexibility index (Phi) is 2.50. The summed E-state index contributed by atoms with van der Waals surface area (Å²) in [6.45, 7) is 0. The molecule has 2 saturated carbocycles. The van der Waals surface area contributed by atoms with E-state index < -0.39 is 35.8 Å². The van der Waals surface area contributed by atoms with Gasteiger partial charge < -0.3 is 15.3 Å². The quantitative estimate of drug-likeness (QED) is 0.626. The standard InChI is InChI=1S/C9H11BrO5/c10-6-2-1-3(7(6)11)5(9(14)15)4(2)8(12)13/h2-7,11H,1H2,(H,12,13)(H,14,15)/t2-,3-,4-,5-,6+,7-/m1/s1. The van der Waals surface area contributed by atoms with Crippen molar-refractivity contribution in [3.8, 4) is 0 Å². The zero-order valence-corrected chi connectivity index (χ0v) is 9.29. The predicted octanol–water partition coefficient (Wildman–Crippen LogP) is 0.162. The van der Waals surface area contributed by atoms with Gasteiger partial charge in [-0.25, -0.2) is 0 Å². The van der Waals surface area contributed by atoms with Gasteiger partial charge in [0, 0.05) is 10.7 Å². The van der Waals surface area contributed by atoms with Crippen molar-refractivity contribution in [1.29, 1.82) is 0 Å². The molecule has 0 amide bonds. The normalized spacial score (nSPS) is 48.1. The van der Waals surface area contributed by atoms with Gasteiger partial charge in [-0.1, -0.05) is 15.9 Å². The smallest absolute Gasteiger partial charge is 0.307 e. The predicted molar refractivity (Wildman–Crippen MR) is 52.6 cm³/mol. The number of aliphatic hydroxyl groups excluding tert-OH is 1. The zero-order valence-electron chi connectivity index (χ0n) is 7.71. The summed E-state index contributed by atoms with van der Waals surface area (Å²) in [5, 5.41) is 27.7. The summed E-state index contributed by atoms with van der Waals surface area (Å²) in [4.78, 5) is 21.7. The van der Waals surface area contributed by atoms with Crippen molar-refractivity contribution in [1.82, 2.24) is 0 Å². The highest BCUT2D eigenvalue weighted by Gasteiger charge is 2.62. The van der Waals surface area contributed by atoms with E-state index in [4.69, 9.17) is 10.2 Å². The van der Waals surface area contributed by atoms with Gasteiger partial charge >= 0.3 is 11.9 Å². The minimum atomic E-state index is -1.12. The van der Waals surface area contributed by atoms with Gasteiger partial charge in [0.2, 0.25) is 0 Å². The fraction of sp³-hybridized carbons (Fsp3) is 0.778. The Hall–Kier alpha value is -0.620. The molecule has 0 aromatic heterocycles. The van der Waals surface area contributed by atoms with Crippen LogP contribution in [-0.4, -0.2) is 38.2 Å². The monoisotopic (exact) mass is 278 g/mol. The molecule has 0 saturated heterocycles. The summed E-state index contributed by atoms with van der Waals surface area (Å²) < 4.78 is 0. The molecule has 2 aliphatic rings. The number of halogens is 1. The van der Waals surface area contributed by atoms with E-state index in [0.29, 0.717) is 6.42 Å². The Bertz CT molecular complexity index is 288. The molecule has 0 aromatic rings. The van der Waals surface area contributed by atoms with E-state index in [1.54, 1.807) is 0 Å². The SMILES string of the molecule is O=C(O)[C@@H]1[C@H]2C[C@@H]([C@H](Br)[C@@H]2O)[C@H]1C(=O)O. The average molecular weight is 279 g/mol. The van der Waals surface area contributed by atoms with Crippen LogP contribution in [0.15, 0.2) is 0 Å². The molecule has 0 heterocycles. The zero-order chi connectivity index (χ0) is 11.3. The molecule has 0 radical (unpaired) electrons. The van der Waals surface area contributed by atoms with Crippen LogP contribution in [0.5, 0.6) is 0 Å². The lowest BCUT2D eigenvalue weighted by molar-refractivity contribution is -0.158. The molecule has 2 fully saturated rings. The van der Waals surface area contributed by atoms with Crippen molar-refractivity contribution >= 4 is 27.9 Å². The Balaban J connectivity index is 2.32. The Morgan fingerprint density at radius 2 is 1.53 bits per heavy atom. The molecule has 15 heavy (non-hydrogen) atoms. The van der Waals surface area contributed by atoms with Crippen LogP contribution in [0.1, 0.15) is 6.42 Å². The van der Waals surface area contributed by atoms with Crippen molar-refractivity contribution in [3.05, 3.63) is 0 Å². The lowest BCUT2D eigenvalue weighted by Crippen LogP contribution is -2.45. The molecule has 5 nitrogen and oxygen atoms in total. The second-order valence-electron chi connectivity index (χ2n) is 4.23. The molecule has 2 bridgehead atoms. The first-order chi connectivity index (χ1) is 6.95. The first-order valence-corrected chi connectivity index (χ1v) is 5.64. The van der Waals surface area contributed by atoms with Gasteiger partial charge in [-0.15, -0.1) is 0 Å². The van der Waals surface area contributed by atoms with Gasteiger partial charge in [0.1, 0.15) is 0 Å². The number of carboxylic acid groups (broad SMARTS) is 2. The molecular formula is C9H11BrO5. The maximum atomic E-state index is 11.0. The van der Waals surface area contributed by atoms with Crippen LogP contribution in [0, 0.1) is 23.7 Å². The van der Waals surface area contributed by atoms with Crippen LogP contribution < -0.4 is 0 Å². The van der Waals surface area contributed by atoms with Crippen LogP contribution in [0.25, 0.3) is 0 Å². The third-order valence-electron chi connectivity index (χ3n) is 3.60. The Morgan fingerprint density at radius 3 is 2.00 bits per heavy atom. The van der Waals surface area contributed by atoms with Crippen molar-refractivity contribution in [2.75, 3.05) is 0 Å². The van der Waals surface area contributed by atoms with Crippen molar-refractivity contribution < 1.29 is 24.9 Å². The molecule has 84 valence electrons. The summed E-state index contributed by atoms with van der Waals surface area (Å²) in [7, 11) is 0. The molecule has 0 aromatic carbocycles. The molecule has 6 atom stereocenters. The third kappa shape index (κ3) is 1.38. The van der Waals surface area contributed by atoms with Gasteiger partial charge in [-0.2, -0.15) is 0 Å². The number of alkyl halides is 1. The van der Waals surface area contributed by atoms with Crippen molar-refractivity contribution in [3.63, 3.8) is 0 Å². The highest BCUT2D eigenvalue weighted by atomic mass is 79.9. The second kappa shape index (κ2) is 3.45. The van der Waals surface area contributed by atoms with E-state index >= 15 is 0 Å². The van der Waals surface area contributed by atoms with Gasteiger partial charge in [0.05, 0.1) is 17.9 Å². The van der Waals surface area contributed by atoms with E-state index in [1.807, 2.05) is 0 Å². The molecule has 6 heteroatoms. The van der Waals surface area contributed by atoms with E-state index in [1.165, 1.54) is 0 Å². The third-order valence-corrected chi connectivity index (χ3v) is 4.82. The molecule has 0 spiro atoms. The summed E-state index contributed by atoms with van der Waals surface area (Å²) in [5.41, 5.74) is 0. The van der Waals surface area contributed by atoms with Gasteiger partial charge in [0.15, 0.2) is 0 Å². The number of hydrogen-bond acceptors (Lipinski definition) is 3. The van der Waals surface area contributed by atoms with Crippen LogP contribution in [0.4, 0.5) is 0 Å². The number of aliphatic hydroxyl groups is 1. The lowest BCUT2D eigenvalue weighted by Gasteiger charge is -2.31. The maximum Gasteiger partial charge on any atom is 0.307 e. The number of fused-ring (bicyclic) bond motifs is 2. The van der Waals surface area contributed by atoms with Crippen LogP contribution >= 0.6 is 15.9 Å². The first-order valence-electron chi connectivity index (χ1n) is 4.73. The van der Waals surface area contributed by atoms with E-state index in [0.717, 1.165) is 0 Å². The topological polar surface area (TPSA) is 94.8 Å². The van der Waals surface area contributed by atoms with E-state index in [-0.39, 0.29) is 10.7 Å². The maximum absolute atomic E-state index is 11.0. The minimum Gasteiger partial charge on any atom is -0.481 e. The molecule has 0 unspecified atom stereocenters. The van der Waals surface area contributed by atoms with Crippen LogP contribution in [0.3, 0.4) is 0 Å². The van der Waals surface area contributed by atoms with Crippen molar-refractivity contribution in [2.45, 2.75) is 17.4 Å². The highest BCUT2D eigenvalue weighted by molar-refractivity contribution is 9.09. The van der Waals surface area contributed by atoms with E-state index in [9.17, 15) is 14.7 Å². The number of carbonyl (C=O) groups is 2. The number of rotatable bonds is 2. The van der Waals surface area contributed by atoms with Crippen LogP contribution in [0.2, 0.25) is 0 Å². The summed E-state index contributed by atoms with van der Waals surface area (Å²) >= 11 is 3.24. The van der Waals surface area contributed by atoms with Crippen molar-refractivity contribution in [2.24, 2.45) is 23.7 Å². The fourth-order valence-electron chi connectivity index (χ4n) is 2.98. The average Bonchev–Trinajstić information content (AvgIpc) is 2.64. The Morgan fingerprint density at radius 1 is 1.07 bits per heavy atom. The molecular weight excluding hydrogens is 268 g/mol. The van der Waals surface area contributed by atoms with Gasteiger partial charge in [-0.05, 0) is 12.3 Å². The number of hydrogen-bond donors (Lipinski definition) is 3.